The second kappa shape index (κ2) is 9.22. The summed E-state index contributed by atoms with van der Waals surface area (Å²) in [5.74, 6) is -0.708. The Morgan fingerprint density at radius 2 is 1.90 bits per heavy atom. The molecule has 0 fully saturated rings. The van der Waals surface area contributed by atoms with Crippen molar-refractivity contribution in [2.24, 2.45) is 0 Å². The van der Waals surface area contributed by atoms with Crippen LogP contribution in [0, 0.1) is 0 Å². The highest BCUT2D eigenvalue weighted by Crippen LogP contribution is 2.31. The quantitative estimate of drug-likeness (QED) is 0.327. The molecule has 0 aliphatic heterocycles. The smallest absolute Gasteiger partial charge is 0.313 e. The molecule has 0 spiro atoms. The molecule has 2 aromatic carbocycles. The largest absolute Gasteiger partial charge is 0.481 e. The lowest BCUT2D eigenvalue weighted by molar-refractivity contribution is -0.133. The molecule has 3 rings (SSSR count). The average Bonchev–Trinajstić information content (AvgIpc) is 3.15. The summed E-state index contributed by atoms with van der Waals surface area (Å²) >= 11 is 1.03. The number of H-pyrrole nitrogens is 1. The Kier molecular flexibility index (Phi) is 6.47. The first-order valence-electron chi connectivity index (χ1n) is 8.54. The third-order valence-corrected chi connectivity index (χ3v) is 4.56. The van der Waals surface area contributed by atoms with Gasteiger partial charge in [0.2, 0.25) is 11.1 Å². The number of carboxylic acids is 1. The van der Waals surface area contributed by atoms with E-state index in [1.807, 2.05) is 42.5 Å². The van der Waals surface area contributed by atoms with Crippen LogP contribution in [0.3, 0.4) is 0 Å². The number of amides is 1. The first-order chi connectivity index (χ1) is 13.9. The van der Waals surface area contributed by atoms with Crippen LogP contribution in [0.2, 0.25) is 0 Å². The predicted octanol–water partition coefficient (Wildman–Crippen LogP) is 3.25. The van der Waals surface area contributed by atoms with Crippen LogP contribution in [-0.4, -0.2) is 45.0 Å². The topological polar surface area (TPSA) is 129 Å². The summed E-state index contributed by atoms with van der Waals surface area (Å²) in [7, 11) is 1.51. The van der Waals surface area contributed by atoms with Gasteiger partial charge in [0.1, 0.15) is 0 Å². The summed E-state index contributed by atoms with van der Waals surface area (Å²) in [6.45, 7) is 1.46. The molecule has 10 heteroatoms. The number of thioether (sulfide) groups is 1. The minimum Gasteiger partial charge on any atom is -0.481 e. The molecule has 0 aliphatic carbocycles. The van der Waals surface area contributed by atoms with Crippen LogP contribution < -0.4 is 10.8 Å². The number of hydrogen-bond acceptors (Lipinski definition) is 7. The fourth-order valence-electron chi connectivity index (χ4n) is 2.65. The molecular formula is C19H19N5O4S. The van der Waals surface area contributed by atoms with Crippen molar-refractivity contribution in [3.8, 4) is 22.5 Å². The third kappa shape index (κ3) is 5.56. The summed E-state index contributed by atoms with van der Waals surface area (Å²) in [6, 6.07) is 13.1. The van der Waals surface area contributed by atoms with Gasteiger partial charge in [-0.1, -0.05) is 23.9 Å². The second-order valence-corrected chi connectivity index (χ2v) is 6.96. The van der Waals surface area contributed by atoms with E-state index in [4.69, 9.17) is 9.94 Å². The van der Waals surface area contributed by atoms with E-state index < -0.39 is 5.97 Å². The van der Waals surface area contributed by atoms with E-state index in [-0.39, 0.29) is 11.7 Å². The molecule has 0 atom stereocenters. The van der Waals surface area contributed by atoms with E-state index in [0.717, 1.165) is 28.5 Å². The van der Waals surface area contributed by atoms with Crippen molar-refractivity contribution >= 4 is 35.0 Å². The molecule has 1 aromatic heterocycles. The minimum absolute atomic E-state index is 0.121. The van der Waals surface area contributed by atoms with Crippen molar-refractivity contribution in [1.29, 1.82) is 0 Å². The number of anilines is 2. The van der Waals surface area contributed by atoms with Crippen LogP contribution in [0.1, 0.15) is 6.92 Å². The molecule has 0 saturated heterocycles. The number of carbonyl (C=O) groups is 2. The first kappa shape index (κ1) is 20.4. The summed E-state index contributed by atoms with van der Waals surface area (Å²) in [5.41, 5.74) is 6.68. The molecule has 29 heavy (non-hydrogen) atoms. The Bertz CT molecular complexity index is 1040. The minimum atomic E-state index is -0.936. The van der Waals surface area contributed by atoms with Gasteiger partial charge in [-0.2, -0.15) is 0 Å². The van der Waals surface area contributed by atoms with Crippen molar-refractivity contribution in [3.05, 3.63) is 42.5 Å². The molecule has 0 bridgehead atoms. The van der Waals surface area contributed by atoms with Gasteiger partial charge in [-0.25, -0.2) is 4.98 Å². The molecule has 0 radical (unpaired) electrons. The summed E-state index contributed by atoms with van der Waals surface area (Å²) in [6.07, 6.45) is 0. The predicted molar refractivity (Wildman–Crippen MR) is 111 cm³/mol. The molecule has 4 N–H and O–H groups in total. The number of aromatic nitrogens is 3. The Morgan fingerprint density at radius 3 is 2.62 bits per heavy atom. The molecular weight excluding hydrogens is 394 g/mol. The number of carboxylic acid groups (broad SMARTS) is 1. The van der Waals surface area contributed by atoms with Crippen LogP contribution in [0.4, 0.5) is 11.4 Å². The highest BCUT2D eigenvalue weighted by atomic mass is 32.2. The molecule has 0 aliphatic rings. The van der Waals surface area contributed by atoms with Gasteiger partial charge in [0, 0.05) is 18.2 Å². The van der Waals surface area contributed by atoms with Crippen molar-refractivity contribution < 1.29 is 19.5 Å². The van der Waals surface area contributed by atoms with Gasteiger partial charge in [0.05, 0.1) is 18.6 Å². The summed E-state index contributed by atoms with van der Waals surface area (Å²) in [4.78, 5) is 31.5. The van der Waals surface area contributed by atoms with Gasteiger partial charge in [0.25, 0.3) is 0 Å². The normalized spacial score (nSPS) is 10.6. The Hall–Kier alpha value is -3.37. The number of aliphatic carboxylic acids is 1. The van der Waals surface area contributed by atoms with Crippen LogP contribution in [0.5, 0.6) is 0 Å². The van der Waals surface area contributed by atoms with E-state index in [2.05, 4.69) is 26.0 Å². The number of nitrogens with zero attached hydrogens (tertiary/aromatic N) is 2. The summed E-state index contributed by atoms with van der Waals surface area (Å²) in [5, 5.41) is 18.8. The zero-order chi connectivity index (χ0) is 20.8. The van der Waals surface area contributed by atoms with Crippen molar-refractivity contribution in [1.82, 2.24) is 15.2 Å². The number of benzene rings is 2. The number of rotatable bonds is 8. The van der Waals surface area contributed by atoms with E-state index in [0.29, 0.717) is 22.4 Å². The second-order valence-electron chi connectivity index (χ2n) is 6.02. The van der Waals surface area contributed by atoms with Crippen LogP contribution in [0.25, 0.3) is 22.5 Å². The highest BCUT2D eigenvalue weighted by molar-refractivity contribution is 7.99. The zero-order valence-electron chi connectivity index (χ0n) is 15.7. The van der Waals surface area contributed by atoms with Crippen LogP contribution >= 0.6 is 11.8 Å². The van der Waals surface area contributed by atoms with Gasteiger partial charge in [-0.05, 0) is 41.5 Å². The Morgan fingerprint density at radius 1 is 1.14 bits per heavy atom. The lowest BCUT2D eigenvalue weighted by Gasteiger charge is -2.11. The Balaban J connectivity index is 1.96. The third-order valence-electron chi connectivity index (χ3n) is 3.73. The maximum Gasteiger partial charge on any atom is 0.313 e. The molecule has 0 unspecified atom stereocenters. The maximum atomic E-state index is 11.3. The van der Waals surface area contributed by atoms with Gasteiger partial charge in [0.15, 0.2) is 5.82 Å². The van der Waals surface area contributed by atoms with Gasteiger partial charge in [-0.15, -0.1) is 5.10 Å². The summed E-state index contributed by atoms with van der Waals surface area (Å²) < 4.78 is 0. The molecule has 150 valence electrons. The SMILES string of the molecule is CONc1cc(-c2cccc(NC(C)=O)c2)cc(-c2nc(SCC(=O)O)n[nH]2)c1. The fourth-order valence-corrected chi connectivity index (χ4v) is 3.17. The number of aromatic amines is 1. The van der Waals surface area contributed by atoms with Crippen molar-refractivity contribution in [2.75, 3.05) is 23.7 Å². The van der Waals surface area contributed by atoms with E-state index in [1.165, 1.54) is 14.0 Å². The molecule has 3 aromatic rings. The van der Waals surface area contributed by atoms with Crippen molar-refractivity contribution in [2.45, 2.75) is 12.1 Å². The van der Waals surface area contributed by atoms with Gasteiger partial charge >= 0.3 is 5.97 Å². The van der Waals surface area contributed by atoms with E-state index >= 15 is 0 Å². The number of hydrogen-bond donors (Lipinski definition) is 4. The molecule has 1 amide bonds. The number of nitrogens with one attached hydrogen (secondary N) is 3. The first-order valence-corrected chi connectivity index (χ1v) is 9.52. The lowest BCUT2D eigenvalue weighted by Crippen LogP contribution is -2.05. The zero-order valence-corrected chi connectivity index (χ0v) is 16.5. The number of carbonyl (C=O) groups excluding carboxylic acids is 1. The Labute approximate surface area is 170 Å². The molecule has 9 nitrogen and oxygen atoms in total. The van der Waals surface area contributed by atoms with E-state index in [1.54, 1.807) is 0 Å². The maximum absolute atomic E-state index is 11.3. The average molecular weight is 413 g/mol. The van der Waals surface area contributed by atoms with Gasteiger partial charge < -0.3 is 10.4 Å². The van der Waals surface area contributed by atoms with Crippen molar-refractivity contribution in [3.63, 3.8) is 0 Å². The van der Waals surface area contributed by atoms with Crippen LogP contribution in [-0.2, 0) is 14.4 Å². The van der Waals surface area contributed by atoms with Gasteiger partial charge in [-0.3, -0.25) is 25.0 Å². The highest BCUT2D eigenvalue weighted by Gasteiger charge is 2.12. The standard InChI is InChI=1S/C19H19N5O4S/c1-11(25)20-15-5-3-4-12(7-15)13-6-14(9-16(8-13)24-28-2)18-21-19(23-22-18)29-10-17(26)27/h3-9,24H,10H2,1-2H3,(H,20,25)(H,26,27)(H,21,22,23). The van der Waals surface area contributed by atoms with Crippen LogP contribution in [0.15, 0.2) is 47.6 Å². The lowest BCUT2D eigenvalue weighted by atomic mass is 10.0. The fraction of sp³-hybridized carbons (Fsp3) is 0.158. The molecule has 0 saturated carbocycles. The monoisotopic (exact) mass is 413 g/mol. The van der Waals surface area contributed by atoms with E-state index in [9.17, 15) is 9.59 Å². The molecule has 1 heterocycles.